The highest BCUT2D eigenvalue weighted by Crippen LogP contribution is 2.17. The van der Waals surface area contributed by atoms with Crippen LogP contribution in [0.4, 0.5) is 0 Å². The number of hydrogen-bond donors (Lipinski definition) is 2. The van der Waals surface area contributed by atoms with Gasteiger partial charge in [-0.2, -0.15) is 0 Å². The Kier molecular flexibility index (Phi) is 12.5. The summed E-state index contributed by atoms with van der Waals surface area (Å²) in [7, 11) is -2.00. The van der Waals surface area contributed by atoms with Crippen LogP contribution in [0.1, 0.15) is 49.8 Å². The number of hydrogen-bond acceptors (Lipinski definition) is 6. The van der Waals surface area contributed by atoms with Crippen LogP contribution in [-0.2, 0) is 27.8 Å². The first-order valence-electron chi connectivity index (χ1n) is 13.0. The number of amides is 1. The molecule has 0 heterocycles. The molecule has 0 saturated carbocycles. The molecule has 0 bridgehead atoms. The molecule has 0 aliphatic carbocycles. The number of aryl methyl sites for hydroxylation is 1. The number of carbonyl (C=O) groups is 1. The second-order valence-corrected chi connectivity index (χ2v) is 11.6. The van der Waals surface area contributed by atoms with E-state index in [0.29, 0.717) is 38.1 Å². The van der Waals surface area contributed by atoms with Crippen molar-refractivity contribution >= 4 is 15.9 Å². The number of benzene rings is 2. The minimum Gasteiger partial charge on any atom is -0.497 e. The molecule has 0 unspecified atom stereocenters. The van der Waals surface area contributed by atoms with Gasteiger partial charge in [0, 0.05) is 38.6 Å². The summed E-state index contributed by atoms with van der Waals surface area (Å²) in [6, 6.07) is 14.7. The number of aliphatic hydroxyl groups excluding tert-OH is 1. The van der Waals surface area contributed by atoms with E-state index in [1.165, 1.54) is 9.21 Å². The smallest absolute Gasteiger partial charge is 0.224 e. The molecule has 37 heavy (non-hydrogen) atoms. The monoisotopic (exact) mass is 533 g/mol. The van der Waals surface area contributed by atoms with E-state index >= 15 is 0 Å². The Morgan fingerprint density at radius 1 is 1.05 bits per heavy atom. The molecule has 0 fully saturated rings. The second kappa shape index (κ2) is 15.1. The van der Waals surface area contributed by atoms with Gasteiger partial charge in [-0.05, 0) is 49.4 Å². The van der Waals surface area contributed by atoms with E-state index in [1.54, 1.807) is 7.11 Å². The Bertz CT molecular complexity index is 1090. The average Bonchev–Trinajstić information content (AvgIpc) is 2.86. The quantitative estimate of drug-likeness (QED) is 0.343. The number of rotatable bonds is 16. The highest BCUT2D eigenvalue weighted by Gasteiger charge is 2.26. The van der Waals surface area contributed by atoms with E-state index in [9.17, 15) is 18.3 Å². The topological polar surface area (TPSA) is 113 Å². The molecule has 2 rings (SSSR count). The summed E-state index contributed by atoms with van der Waals surface area (Å²) < 4.78 is 32.6. The van der Waals surface area contributed by atoms with Gasteiger partial charge in [0.25, 0.3) is 0 Å². The summed E-state index contributed by atoms with van der Waals surface area (Å²) in [6.07, 6.45) is 0.723. The molecule has 206 valence electrons. The first-order valence-corrected chi connectivity index (χ1v) is 14.6. The standard InChI is InChI=1S/C28H43N3O5S/c1-5-14-31(15-6-2)37(34,35)16-13-28(33)30(20-24-11-8-12-25(18-24)36-4)21-27(32)26(29)19-23-10-7-9-22(3)17-23/h7-12,17-18,26-27,32H,5-6,13-16,19-21,29H2,1-4H3/t26-,27+/m0/s1. The second-order valence-electron chi connectivity index (χ2n) is 9.52. The molecule has 2 aromatic rings. The molecule has 0 saturated heterocycles. The number of nitrogens with zero attached hydrogens (tertiary/aromatic N) is 2. The fourth-order valence-electron chi connectivity index (χ4n) is 4.25. The van der Waals surface area contributed by atoms with Crippen molar-refractivity contribution in [3.63, 3.8) is 0 Å². The highest BCUT2D eigenvalue weighted by atomic mass is 32.2. The summed E-state index contributed by atoms with van der Waals surface area (Å²) >= 11 is 0. The molecule has 8 nitrogen and oxygen atoms in total. The molecule has 0 aliphatic rings. The van der Waals surface area contributed by atoms with Crippen molar-refractivity contribution in [3.8, 4) is 5.75 Å². The van der Waals surface area contributed by atoms with Gasteiger partial charge >= 0.3 is 0 Å². The lowest BCUT2D eigenvalue weighted by Crippen LogP contribution is -2.46. The summed E-state index contributed by atoms with van der Waals surface area (Å²) in [5.41, 5.74) is 9.26. The van der Waals surface area contributed by atoms with Crippen molar-refractivity contribution < 1.29 is 23.1 Å². The number of carbonyl (C=O) groups excluding carboxylic acids is 1. The lowest BCUT2D eigenvalue weighted by molar-refractivity contribution is -0.133. The Labute approximate surface area is 222 Å². The van der Waals surface area contributed by atoms with E-state index in [-0.39, 0.29) is 31.2 Å². The molecule has 2 aromatic carbocycles. The van der Waals surface area contributed by atoms with Gasteiger partial charge < -0.3 is 20.5 Å². The molecule has 0 spiro atoms. The van der Waals surface area contributed by atoms with Gasteiger partial charge in [-0.3, -0.25) is 4.79 Å². The normalized spacial score (nSPS) is 13.4. The van der Waals surface area contributed by atoms with Gasteiger partial charge in [-0.15, -0.1) is 0 Å². The third-order valence-corrected chi connectivity index (χ3v) is 8.10. The third kappa shape index (κ3) is 10.1. The maximum atomic E-state index is 13.3. The maximum absolute atomic E-state index is 13.3. The van der Waals surface area contributed by atoms with Crippen LogP contribution in [0.15, 0.2) is 48.5 Å². The summed E-state index contributed by atoms with van der Waals surface area (Å²) in [5, 5.41) is 10.9. The number of ether oxygens (including phenoxy) is 1. The van der Waals surface area contributed by atoms with Crippen molar-refractivity contribution in [3.05, 3.63) is 65.2 Å². The predicted octanol–water partition coefficient (Wildman–Crippen LogP) is 3.11. The Balaban J connectivity index is 2.16. The minimum absolute atomic E-state index is 0.00327. The average molecular weight is 534 g/mol. The summed E-state index contributed by atoms with van der Waals surface area (Å²) in [5.74, 6) is 0.0337. The van der Waals surface area contributed by atoms with Crippen LogP contribution in [-0.4, -0.2) is 73.3 Å². The van der Waals surface area contributed by atoms with Crippen LogP contribution < -0.4 is 10.5 Å². The summed E-state index contributed by atoms with van der Waals surface area (Å²) in [6.45, 7) is 6.93. The van der Waals surface area contributed by atoms with E-state index in [1.807, 2.05) is 69.3 Å². The van der Waals surface area contributed by atoms with Crippen molar-refractivity contribution in [1.82, 2.24) is 9.21 Å². The van der Waals surface area contributed by atoms with Crippen LogP contribution in [0.25, 0.3) is 0 Å². The molecular weight excluding hydrogens is 490 g/mol. The van der Waals surface area contributed by atoms with E-state index < -0.39 is 22.2 Å². The Morgan fingerprint density at radius 2 is 1.70 bits per heavy atom. The molecule has 9 heteroatoms. The van der Waals surface area contributed by atoms with Crippen LogP contribution in [0.5, 0.6) is 5.75 Å². The number of methoxy groups -OCH3 is 1. The lowest BCUT2D eigenvalue weighted by Gasteiger charge is -2.29. The SMILES string of the molecule is CCCN(CCC)S(=O)(=O)CCC(=O)N(Cc1cccc(OC)c1)C[C@@H](O)[C@@H](N)Cc1cccc(C)c1. The van der Waals surface area contributed by atoms with Crippen LogP contribution >= 0.6 is 0 Å². The first kappa shape index (κ1) is 30.8. The lowest BCUT2D eigenvalue weighted by atomic mass is 10.00. The van der Waals surface area contributed by atoms with Gasteiger partial charge in [-0.1, -0.05) is 55.8 Å². The predicted molar refractivity (Wildman–Crippen MR) is 148 cm³/mol. The van der Waals surface area contributed by atoms with E-state index in [4.69, 9.17) is 10.5 Å². The zero-order valence-electron chi connectivity index (χ0n) is 22.6. The molecule has 0 aliphatic heterocycles. The third-order valence-electron chi connectivity index (χ3n) is 6.23. The van der Waals surface area contributed by atoms with Crippen molar-refractivity contribution in [2.24, 2.45) is 5.73 Å². The molecule has 0 aromatic heterocycles. The minimum atomic E-state index is -3.57. The van der Waals surface area contributed by atoms with Gasteiger partial charge in [0.1, 0.15) is 5.75 Å². The van der Waals surface area contributed by atoms with E-state index in [2.05, 4.69) is 0 Å². The number of aliphatic hydroxyl groups is 1. The molecule has 0 radical (unpaired) electrons. The van der Waals surface area contributed by atoms with Crippen LogP contribution in [0.3, 0.4) is 0 Å². The Morgan fingerprint density at radius 3 is 2.32 bits per heavy atom. The van der Waals surface area contributed by atoms with Gasteiger partial charge in [0.2, 0.25) is 15.9 Å². The van der Waals surface area contributed by atoms with Crippen LogP contribution in [0.2, 0.25) is 0 Å². The fourth-order valence-corrected chi connectivity index (χ4v) is 5.86. The Hall–Kier alpha value is -2.46. The molecule has 2 atom stereocenters. The molecule has 1 amide bonds. The zero-order valence-corrected chi connectivity index (χ0v) is 23.4. The summed E-state index contributed by atoms with van der Waals surface area (Å²) in [4.78, 5) is 14.8. The van der Waals surface area contributed by atoms with Gasteiger partial charge in [0.05, 0.1) is 19.0 Å². The van der Waals surface area contributed by atoms with Gasteiger partial charge in [-0.25, -0.2) is 12.7 Å². The maximum Gasteiger partial charge on any atom is 0.224 e. The highest BCUT2D eigenvalue weighted by molar-refractivity contribution is 7.89. The zero-order chi connectivity index (χ0) is 27.4. The first-order chi connectivity index (χ1) is 17.6. The van der Waals surface area contributed by atoms with Crippen molar-refractivity contribution in [2.75, 3.05) is 32.5 Å². The van der Waals surface area contributed by atoms with Crippen LogP contribution in [0, 0.1) is 6.92 Å². The fraction of sp³-hybridized carbons (Fsp3) is 0.536. The molecular formula is C28H43N3O5S. The molecule has 3 N–H and O–H groups in total. The van der Waals surface area contributed by atoms with Crippen molar-refractivity contribution in [1.29, 1.82) is 0 Å². The number of nitrogens with two attached hydrogens (primary N) is 1. The van der Waals surface area contributed by atoms with Gasteiger partial charge in [0.15, 0.2) is 0 Å². The van der Waals surface area contributed by atoms with E-state index in [0.717, 1.165) is 16.7 Å². The largest absolute Gasteiger partial charge is 0.497 e. The van der Waals surface area contributed by atoms with Crippen molar-refractivity contribution in [2.45, 2.75) is 65.1 Å². The number of sulfonamides is 1.